The van der Waals surface area contributed by atoms with Crippen molar-refractivity contribution in [3.05, 3.63) is 45.3 Å². The van der Waals surface area contributed by atoms with Gasteiger partial charge in [-0.05, 0) is 42.7 Å². The van der Waals surface area contributed by atoms with Crippen LogP contribution in [-0.2, 0) is 27.8 Å². The number of carbonyl (C=O) groups excluding carboxylic acids is 1. The molecule has 1 aromatic carbocycles. The van der Waals surface area contributed by atoms with E-state index in [2.05, 4.69) is 4.72 Å². The molecule has 0 aliphatic carbocycles. The van der Waals surface area contributed by atoms with Crippen LogP contribution in [0.4, 0.5) is 5.69 Å². The summed E-state index contributed by atoms with van der Waals surface area (Å²) >= 11 is 7.31. The Bertz CT molecular complexity index is 906. The van der Waals surface area contributed by atoms with Gasteiger partial charge in [0.1, 0.15) is 4.21 Å². The van der Waals surface area contributed by atoms with Crippen LogP contribution in [0.3, 0.4) is 0 Å². The molecule has 1 aromatic heterocycles. The van der Waals surface area contributed by atoms with Gasteiger partial charge in [-0.15, -0.1) is 11.3 Å². The van der Waals surface area contributed by atoms with E-state index >= 15 is 0 Å². The van der Waals surface area contributed by atoms with Gasteiger partial charge in [-0.25, -0.2) is 8.42 Å². The maximum atomic E-state index is 12.7. The summed E-state index contributed by atoms with van der Waals surface area (Å²) in [5.74, 6) is 0.00364. The maximum Gasteiger partial charge on any atom is 0.271 e. The fourth-order valence-corrected chi connectivity index (χ4v) is 5.46. The molecule has 0 spiro atoms. The molecule has 1 amide bonds. The Kier molecular flexibility index (Phi) is 4.59. The number of amides is 1. The molecule has 1 aliphatic rings. The third-order valence-corrected chi connectivity index (χ3v) is 7.55. The number of fused-ring (bicyclic) bond motifs is 1. The summed E-state index contributed by atoms with van der Waals surface area (Å²) < 4.78 is 28.2. The number of carbonyl (C=O) groups is 1. The molecular formula is C16H17ClN2O3S2. The van der Waals surface area contributed by atoms with Crippen LogP contribution in [0.25, 0.3) is 0 Å². The molecule has 3 rings (SSSR count). The molecule has 24 heavy (non-hydrogen) atoms. The lowest BCUT2D eigenvalue weighted by Gasteiger charge is -2.25. The lowest BCUT2D eigenvalue weighted by molar-refractivity contribution is -0.129. The minimum atomic E-state index is -3.68. The Labute approximate surface area is 150 Å². The van der Waals surface area contributed by atoms with E-state index in [4.69, 9.17) is 11.6 Å². The van der Waals surface area contributed by atoms with Gasteiger partial charge in [0.2, 0.25) is 5.91 Å². The minimum absolute atomic E-state index is 0.00364. The van der Waals surface area contributed by atoms with E-state index in [0.29, 0.717) is 35.8 Å². The van der Waals surface area contributed by atoms with Gasteiger partial charge < -0.3 is 4.90 Å². The van der Waals surface area contributed by atoms with Crippen LogP contribution in [0.1, 0.15) is 22.9 Å². The number of rotatable bonds is 3. The zero-order valence-electron chi connectivity index (χ0n) is 13.3. The normalized spacial score (nSPS) is 14.4. The summed E-state index contributed by atoms with van der Waals surface area (Å²) in [4.78, 5) is 14.3. The topological polar surface area (TPSA) is 66.5 Å². The van der Waals surface area contributed by atoms with Crippen molar-refractivity contribution in [3.63, 3.8) is 0 Å². The fraction of sp³-hybridized carbons (Fsp3) is 0.312. The SMILES string of the molecule is CC(=O)N1CCc2sc(S(=O)(=O)Nc3cccc(Cl)c3C)cc2C1. The third kappa shape index (κ3) is 3.29. The number of nitrogens with zero attached hydrogens (tertiary/aromatic N) is 1. The molecule has 2 heterocycles. The van der Waals surface area contributed by atoms with E-state index in [9.17, 15) is 13.2 Å². The fourth-order valence-electron chi connectivity index (χ4n) is 2.62. The van der Waals surface area contributed by atoms with E-state index in [0.717, 1.165) is 10.4 Å². The number of nitrogens with one attached hydrogen (secondary N) is 1. The molecule has 0 bridgehead atoms. The molecule has 8 heteroatoms. The molecule has 5 nitrogen and oxygen atoms in total. The van der Waals surface area contributed by atoms with Gasteiger partial charge in [-0.2, -0.15) is 0 Å². The van der Waals surface area contributed by atoms with E-state index in [1.165, 1.54) is 18.3 Å². The number of halogens is 1. The monoisotopic (exact) mass is 384 g/mol. The summed E-state index contributed by atoms with van der Waals surface area (Å²) in [6.07, 6.45) is 0.686. The summed E-state index contributed by atoms with van der Waals surface area (Å²) in [5.41, 5.74) is 2.07. The zero-order chi connectivity index (χ0) is 17.5. The number of benzene rings is 1. The van der Waals surface area contributed by atoms with Crippen LogP contribution < -0.4 is 4.72 Å². The van der Waals surface area contributed by atoms with E-state index in [1.807, 2.05) is 0 Å². The second-order valence-corrected chi connectivity index (χ2v) is 9.18. The summed E-state index contributed by atoms with van der Waals surface area (Å²) in [6, 6.07) is 6.77. The Balaban J connectivity index is 1.89. The van der Waals surface area contributed by atoms with Crippen LogP contribution in [0.2, 0.25) is 5.02 Å². The molecule has 0 radical (unpaired) electrons. The predicted molar refractivity (Wildman–Crippen MR) is 96.1 cm³/mol. The second kappa shape index (κ2) is 6.38. The lowest BCUT2D eigenvalue weighted by Crippen LogP contribution is -2.33. The first-order chi connectivity index (χ1) is 11.3. The van der Waals surface area contributed by atoms with Crippen molar-refractivity contribution in [2.75, 3.05) is 11.3 Å². The van der Waals surface area contributed by atoms with Crippen molar-refractivity contribution in [3.8, 4) is 0 Å². The van der Waals surface area contributed by atoms with E-state index < -0.39 is 10.0 Å². The van der Waals surface area contributed by atoms with Gasteiger partial charge >= 0.3 is 0 Å². The molecule has 0 atom stereocenters. The van der Waals surface area contributed by atoms with Crippen molar-refractivity contribution in [1.29, 1.82) is 0 Å². The highest BCUT2D eigenvalue weighted by atomic mass is 35.5. The van der Waals surface area contributed by atoms with E-state index in [1.54, 1.807) is 36.1 Å². The molecule has 1 aliphatic heterocycles. The van der Waals surface area contributed by atoms with Crippen LogP contribution >= 0.6 is 22.9 Å². The summed E-state index contributed by atoms with van der Waals surface area (Å²) in [6.45, 7) is 4.39. The first-order valence-electron chi connectivity index (χ1n) is 7.43. The Hall–Kier alpha value is -1.57. The Morgan fingerprint density at radius 1 is 1.38 bits per heavy atom. The number of hydrogen-bond donors (Lipinski definition) is 1. The van der Waals surface area contributed by atoms with Gasteiger partial charge in [0.15, 0.2) is 0 Å². The molecule has 128 valence electrons. The highest BCUT2D eigenvalue weighted by Gasteiger charge is 2.25. The largest absolute Gasteiger partial charge is 0.338 e. The van der Waals surface area contributed by atoms with Crippen LogP contribution in [0, 0.1) is 6.92 Å². The smallest absolute Gasteiger partial charge is 0.271 e. The first kappa shape index (κ1) is 17.3. The maximum absolute atomic E-state index is 12.7. The van der Waals surface area contributed by atoms with E-state index in [-0.39, 0.29) is 10.1 Å². The first-order valence-corrected chi connectivity index (χ1v) is 10.1. The van der Waals surface area contributed by atoms with Crippen LogP contribution in [-0.4, -0.2) is 25.8 Å². The summed E-state index contributed by atoms with van der Waals surface area (Å²) in [7, 11) is -3.68. The quantitative estimate of drug-likeness (QED) is 0.881. The van der Waals surface area contributed by atoms with Crippen molar-refractivity contribution in [1.82, 2.24) is 4.90 Å². The minimum Gasteiger partial charge on any atom is -0.338 e. The lowest BCUT2D eigenvalue weighted by atomic mass is 10.1. The Morgan fingerprint density at radius 2 is 2.12 bits per heavy atom. The zero-order valence-corrected chi connectivity index (χ0v) is 15.7. The molecular weight excluding hydrogens is 368 g/mol. The van der Waals surface area contributed by atoms with Crippen molar-refractivity contribution >= 4 is 44.6 Å². The number of hydrogen-bond acceptors (Lipinski definition) is 4. The summed E-state index contributed by atoms with van der Waals surface area (Å²) in [5, 5.41) is 0.512. The molecule has 2 aromatic rings. The predicted octanol–water partition coefficient (Wildman–Crippen LogP) is 3.42. The number of anilines is 1. The van der Waals surface area contributed by atoms with Crippen molar-refractivity contribution < 1.29 is 13.2 Å². The van der Waals surface area contributed by atoms with Gasteiger partial charge in [0.05, 0.1) is 5.69 Å². The highest BCUT2D eigenvalue weighted by Crippen LogP contribution is 2.33. The highest BCUT2D eigenvalue weighted by molar-refractivity contribution is 7.94. The second-order valence-electron chi connectivity index (χ2n) is 5.72. The molecule has 1 N–H and O–H groups in total. The molecule has 0 saturated heterocycles. The van der Waals surface area contributed by atoms with Crippen LogP contribution in [0.15, 0.2) is 28.5 Å². The molecule has 0 saturated carbocycles. The van der Waals surface area contributed by atoms with Crippen LogP contribution in [0.5, 0.6) is 0 Å². The average Bonchev–Trinajstić information content (AvgIpc) is 2.95. The van der Waals surface area contributed by atoms with Gasteiger partial charge in [-0.3, -0.25) is 9.52 Å². The third-order valence-electron chi connectivity index (χ3n) is 4.07. The van der Waals surface area contributed by atoms with Gasteiger partial charge in [0.25, 0.3) is 10.0 Å². The number of thiophene rings is 1. The number of sulfonamides is 1. The Morgan fingerprint density at radius 3 is 2.83 bits per heavy atom. The van der Waals surface area contributed by atoms with Gasteiger partial charge in [0, 0.05) is 29.9 Å². The standard InChI is InChI=1S/C16H17ClN2O3S2/c1-10-13(17)4-3-5-14(10)18-24(21,22)16-8-12-9-19(11(2)20)7-6-15(12)23-16/h3-5,8,18H,6-7,9H2,1-2H3. The average molecular weight is 385 g/mol. The van der Waals surface area contributed by atoms with Crippen molar-refractivity contribution in [2.45, 2.75) is 31.0 Å². The molecule has 0 fully saturated rings. The molecule has 0 unspecified atom stereocenters. The van der Waals surface area contributed by atoms with Gasteiger partial charge in [-0.1, -0.05) is 17.7 Å². The van der Waals surface area contributed by atoms with Crippen molar-refractivity contribution in [2.24, 2.45) is 0 Å².